The molecule has 4 aliphatic rings. The molecule has 2 N–H and O–H groups in total. The maximum Gasteiger partial charge on any atom is 0.309 e. The molecule has 0 saturated heterocycles. The maximum atomic E-state index is 13.4. The number of allylic oxidation sites excluding steroid dienone is 2. The molecular weight excluding hydrogens is 590 g/mol. The molecule has 46 heavy (non-hydrogen) atoms. The fourth-order valence-electron chi connectivity index (χ4n) is 9.60. The van der Waals surface area contributed by atoms with Crippen molar-refractivity contribution in [2.24, 2.45) is 52.8 Å². The summed E-state index contributed by atoms with van der Waals surface area (Å²) in [6.45, 7) is 4.62. The van der Waals surface area contributed by atoms with Gasteiger partial charge in [-0.2, -0.15) is 0 Å². The number of carbonyl (C=O) groups is 4. The second kappa shape index (κ2) is 14.1. The van der Waals surface area contributed by atoms with Gasteiger partial charge in [-0.25, -0.2) is 0 Å². The summed E-state index contributed by atoms with van der Waals surface area (Å²) in [4.78, 5) is 59.3. The van der Waals surface area contributed by atoms with Gasteiger partial charge in [0.05, 0.1) is 10.8 Å². The highest BCUT2D eigenvalue weighted by Gasteiger charge is 2.55. The SMILES string of the molecule is C[C@H](CCC(=O)O)C1CC[C@@H]2C1C=C[C@H]1[C@H]2CC[C@@H]2C[C@H](OC(=O)[C@H](CCC(=O)O)CC(=O)c3ccc([N+](=O)[O-])cc3)CC[C@@]21C. The lowest BCUT2D eigenvalue weighted by Crippen LogP contribution is -2.51. The van der Waals surface area contributed by atoms with Gasteiger partial charge in [0.1, 0.15) is 6.10 Å². The van der Waals surface area contributed by atoms with E-state index in [0.717, 1.165) is 44.9 Å². The molecule has 0 spiro atoms. The molecule has 0 radical (unpaired) electrons. The number of carboxylic acids is 2. The van der Waals surface area contributed by atoms with Crippen LogP contribution in [0.3, 0.4) is 0 Å². The predicted molar refractivity (Wildman–Crippen MR) is 169 cm³/mol. The summed E-state index contributed by atoms with van der Waals surface area (Å²) in [6.07, 6.45) is 12.1. The smallest absolute Gasteiger partial charge is 0.309 e. The Bertz CT molecular complexity index is 1360. The van der Waals surface area contributed by atoms with Crippen molar-refractivity contribution in [2.45, 2.75) is 97.0 Å². The summed E-state index contributed by atoms with van der Waals surface area (Å²) in [5.74, 6) is -0.0201. The number of hydrogen-bond donors (Lipinski definition) is 2. The van der Waals surface area contributed by atoms with Crippen LogP contribution in [0.15, 0.2) is 36.4 Å². The molecule has 3 saturated carbocycles. The van der Waals surface area contributed by atoms with E-state index in [4.69, 9.17) is 4.74 Å². The summed E-state index contributed by atoms with van der Waals surface area (Å²) >= 11 is 0. The fraction of sp³-hybridized carbons (Fsp3) is 0.667. The van der Waals surface area contributed by atoms with E-state index >= 15 is 0 Å². The molecule has 2 unspecified atom stereocenters. The van der Waals surface area contributed by atoms with Crippen LogP contribution in [0.25, 0.3) is 0 Å². The number of carbonyl (C=O) groups excluding carboxylic acids is 2. The maximum absolute atomic E-state index is 13.4. The van der Waals surface area contributed by atoms with E-state index < -0.39 is 28.7 Å². The predicted octanol–water partition coefficient (Wildman–Crippen LogP) is 7.11. The number of esters is 1. The number of ketones is 1. The van der Waals surface area contributed by atoms with E-state index in [1.807, 2.05) is 0 Å². The third-order valence-electron chi connectivity index (χ3n) is 12.2. The average Bonchev–Trinajstić information content (AvgIpc) is 3.46. The van der Waals surface area contributed by atoms with Crippen LogP contribution in [0.4, 0.5) is 5.69 Å². The van der Waals surface area contributed by atoms with Crippen LogP contribution in [0, 0.1) is 62.9 Å². The Morgan fingerprint density at radius 1 is 0.957 bits per heavy atom. The molecule has 1 aromatic rings. The molecule has 10 nitrogen and oxygen atoms in total. The number of benzene rings is 1. The van der Waals surface area contributed by atoms with Crippen LogP contribution in [0.5, 0.6) is 0 Å². The van der Waals surface area contributed by atoms with Gasteiger partial charge in [-0.05, 0) is 117 Å². The number of Topliss-reactive ketones (excluding diaryl/α,β-unsaturated/α-hetero) is 1. The molecule has 0 aliphatic heterocycles. The van der Waals surface area contributed by atoms with Crippen molar-refractivity contribution in [3.63, 3.8) is 0 Å². The Labute approximate surface area is 270 Å². The second-order valence-electron chi connectivity index (χ2n) is 14.6. The first-order chi connectivity index (χ1) is 21.9. The normalized spacial score (nSPS) is 32.7. The molecule has 10 atom stereocenters. The number of fused-ring (bicyclic) bond motifs is 5. The molecule has 3 fully saturated rings. The molecule has 5 rings (SSSR count). The van der Waals surface area contributed by atoms with Crippen LogP contribution in [-0.4, -0.2) is 44.9 Å². The number of carboxylic acid groups (broad SMARTS) is 2. The van der Waals surface area contributed by atoms with Crippen LogP contribution >= 0.6 is 0 Å². The lowest BCUT2D eigenvalue weighted by molar-refractivity contribution is -0.384. The van der Waals surface area contributed by atoms with Crippen LogP contribution in [-0.2, 0) is 19.1 Å². The zero-order chi connectivity index (χ0) is 33.2. The Kier molecular flexibility index (Phi) is 10.3. The second-order valence-corrected chi connectivity index (χ2v) is 14.6. The highest BCUT2D eigenvalue weighted by atomic mass is 16.6. The lowest BCUT2D eigenvalue weighted by atomic mass is 9.48. The van der Waals surface area contributed by atoms with Crippen molar-refractivity contribution in [1.29, 1.82) is 0 Å². The lowest BCUT2D eigenvalue weighted by Gasteiger charge is -2.57. The van der Waals surface area contributed by atoms with E-state index in [1.165, 1.54) is 30.7 Å². The van der Waals surface area contributed by atoms with Gasteiger partial charge in [0, 0.05) is 37.0 Å². The molecule has 0 heterocycles. The Balaban J connectivity index is 1.21. The molecule has 1 aromatic carbocycles. The number of nitrogens with zero attached hydrogens (tertiary/aromatic N) is 1. The van der Waals surface area contributed by atoms with Crippen molar-refractivity contribution in [2.75, 3.05) is 0 Å². The van der Waals surface area contributed by atoms with Crippen molar-refractivity contribution >= 4 is 29.4 Å². The average molecular weight is 638 g/mol. The van der Waals surface area contributed by atoms with Gasteiger partial charge in [-0.1, -0.05) is 26.0 Å². The molecule has 0 bridgehead atoms. The van der Waals surface area contributed by atoms with Gasteiger partial charge in [-0.15, -0.1) is 0 Å². The topological polar surface area (TPSA) is 161 Å². The van der Waals surface area contributed by atoms with E-state index in [2.05, 4.69) is 26.0 Å². The third-order valence-corrected chi connectivity index (χ3v) is 12.2. The third kappa shape index (κ3) is 7.20. The minimum atomic E-state index is -1.06. The molecular formula is C36H47NO9. The van der Waals surface area contributed by atoms with Crippen LogP contribution in [0.2, 0.25) is 0 Å². The first-order valence-electron chi connectivity index (χ1n) is 17.0. The summed E-state index contributed by atoms with van der Waals surface area (Å²) in [5.41, 5.74) is 0.194. The van der Waals surface area contributed by atoms with Crippen molar-refractivity contribution in [3.05, 3.63) is 52.1 Å². The molecule has 10 heteroatoms. The van der Waals surface area contributed by atoms with Gasteiger partial charge < -0.3 is 14.9 Å². The summed E-state index contributed by atoms with van der Waals surface area (Å²) < 4.78 is 6.02. The van der Waals surface area contributed by atoms with E-state index in [1.54, 1.807) is 0 Å². The minimum Gasteiger partial charge on any atom is -0.481 e. The number of nitro groups is 1. The largest absolute Gasteiger partial charge is 0.481 e. The minimum absolute atomic E-state index is 0.0201. The quantitative estimate of drug-likeness (QED) is 0.0755. The van der Waals surface area contributed by atoms with E-state index in [0.29, 0.717) is 41.4 Å². The van der Waals surface area contributed by atoms with Crippen LogP contribution in [0.1, 0.15) is 101 Å². The number of rotatable bonds is 13. The van der Waals surface area contributed by atoms with Gasteiger partial charge in [0.2, 0.25) is 0 Å². The van der Waals surface area contributed by atoms with Gasteiger partial charge in [0.25, 0.3) is 5.69 Å². The number of nitro benzene ring substituents is 1. The monoisotopic (exact) mass is 637 g/mol. The Morgan fingerprint density at radius 2 is 1.63 bits per heavy atom. The van der Waals surface area contributed by atoms with Gasteiger partial charge in [-0.3, -0.25) is 29.3 Å². The molecule has 4 aliphatic carbocycles. The summed E-state index contributed by atoms with van der Waals surface area (Å²) in [6, 6.07) is 5.18. The first kappa shape index (κ1) is 33.8. The highest BCUT2D eigenvalue weighted by Crippen LogP contribution is 2.62. The molecule has 250 valence electrons. The first-order valence-corrected chi connectivity index (χ1v) is 17.0. The highest BCUT2D eigenvalue weighted by molar-refractivity contribution is 5.98. The number of aliphatic carboxylic acids is 2. The van der Waals surface area contributed by atoms with Crippen molar-refractivity contribution < 1.29 is 39.1 Å². The zero-order valence-electron chi connectivity index (χ0n) is 26.8. The fourth-order valence-corrected chi connectivity index (χ4v) is 9.60. The molecule has 0 amide bonds. The number of hydrogen-bond acceptors (Lipinski definition) is 7. The van der Waals surface area contributed by atoms with Gasteiger partial charge >= 0.3 is 17.9 Å². The van der Waals surface area contributed by atoms with Gasteiger partial charge in [0.15, 0.2) is 5.78 Å². The summed E-state index contributed by atoms with van der Waals surface area (Å²) in [7, 11) is 0. The Morgan fingerprint density at radius 3 is 2.30 bits per heavy atom. The van der Waals surface area contributed by atoms with Crippen LogP contribution < -0.4 is 0 Å². The van der Waals surface area contributed by atoms with Crippen molar-refractivity contribution in [3.8, 4) is 0 Å². The summed E-state index contributed by atoms with van der Waals surface area (Å²) in [5, 5.41) is 29.4. The standard InChI is InChI=1S/C36H47NO9/c1-21(3-15-33(39)40)27-11-12-29-28(27)13-14-31-30(29)10-7-24-20-26(17-18-36(24,31)2)46-35(43)23(6-16-34(41)42)19-32(38)22-4-8-25(9-5-22)37(44)45/h4-5,8-9,13-14,21,23-24,26-31H,3,6-7,10-12,15-20H2,1-2H3,(H,39,40)(H,41,42)/t21-,23-,24-,26-,27?,28?,29-,30+,31+,36+/m1/s1. The zero-order valence-corrected chi connectivity index (χ0v) is 26.8. The van der Waals surface area contributed by atoms with E-state index in [-0.39, 0.29) is 54.2 Å². The van der Waals surface area contributed by atoms with Crippen molar-refractivity contribution in [1.82, 2.24) is 0 Å². The molecule has 0 aromatic heterocycles. The van der Waals surface area contributed by atoms with E-state index in [9.17, 15) is 39.5 Å². The Hall–Kier alpha value is -3.56. The number of non-ortho nitro benzene ring substituents is 1. The number of ether oxygens (including phenoxy) is 1.